The number of nitrogens with two attached hydrogens (primary N) is 1. The highest BCUT2D eigenvalue weighted by atomic mass is 16.4. The Morgan fingerprint density at radius 3 is 3.06 bits per heavy atom. The SMILES string of the molecule is N[C@H]1CCc2cc(-c3coc(=O)[nH]3)ccc21. The van der Waals surface area contributed by atoms with E-state index in [1.54, 1.807) is 0 Å². The Labute approximate surface area is 92.1 Å². The van der Waals surface area contributed by atoms with Gasteiger partial charge >= 0.3 is 5.76 Å². The van der Waals surface area contributed by atoms with Crippen LogP contribution in [0.4, 0.5) is 0 Å². The van der Waals surface area contributed by atoms with E-state index in [1.807, 2.05) is 12.1 Å². The van der Waals surface area contributed by atoms with Crippen LogP contribution in [0.3, 0.4) is 0 Å². The minimum absolute atomic E-state index is 0.160. The van der Waals surface area contributed by atoms with E-state index in [-0.39, 0.29) is 6.04 Å². The molecule has 0 fully saturated rings. The van der Waals surface area contributed by atoms with Crippen molar-refractivity contribution in [2.75, 3.05) is 0 Å². The lowest BCUT2D eigenvalue weighted by atomic mass is 10.0. The Morgan fingerprint density at radius 2 is 2.31 bits per heavy atom. The predicted molar refractivity (Wildman–Crippen MR) is 60.0 cm³/mol. The summed E-state index contributed by atoms with van der Waals surface area (Å²) in [5.74, 6) is -0.424. The molecule has 4 nitrogen and oxygen atoms in total. The molecule has 1 aromatic carbocycles. The summed E-state index contributed by atoms with van der Waals surface area (Å²) in [6.45, 7) is 0. The van der Waals surface area contributed by atoms with Crippen LogP contribution in [-0.4, -0.2) is 4.98 Å². The van der Waals surface area contributed by atoms with Crippen LogP contribution < -0.4 is 11.5 Å². The molecule has 0 saturated heterocycles. The number of hydrogen-bond acceptors (Lipinski definition) is 3. The standard InChI is InChI=1S/C12H12N2O2/c13-10-4-2-7-5-8(1-3-9(7)10)11-6-16-12(15)14-11/h1,3,5-6,10H,2,4,13H2,(H,14,15)/t10-/m0/s1. The molecule has 0 spiro atoms. The van der Waals surface area contributed by atoms with E-state index in [0.717, 1.165) is 18.4 Å². The van der Waals surface area contributed by atoms with Gasteiger partial charge in [0.25, 0.3) is 0 Å². The van der Waals surface area contributed by atoms with Crippen LogP contribution in [0.2, 0.25) is 0 Å². The molecule has 16 heavy (non-hydrogen) atoms. The molecule has 1 aliphatic rings. The average Bonchev–Trinajstić information content (AvgIpc) is 2.86. The van der Waals surface area contributed by atoms with Crippen LogP contribution in [0.5, 0.6) is 0 Å². The van der Waals surface area contributed by atoms with Gasteiger partial charge in [0.05, 0.1) is 5.69 Å². The number of aromatic amines is 1. The molecule has 0 amide bonds. The summed E-state index contributed by atoms with van der Waals surface area (Å²) >= 11 is 0. The highest BCUT2D eigenvalue weighted by molar-refractivity contribution is 5.60. The van der Waals surface area contributed by atoms with E-state index < -0.39 is 5.76 Å². The molecule has 1 aromatic heterocycles. The van der Waals surface area contributed by atoms with Gasteiger partial charge in [0, 0.05) is 11.6 Å². The minimum atomic E-state index is -0.424. The first-order valence-corrected chi connectivity index (χ1v) is 5.30. The molecule has 1 heterocycles. The van der Waals surface area contributed by atoms with Crippen molar-refractivity contribution in [1.82, 2.24) is 4.98 Å². The third-order valence-corrected chi connectivity index (χ3v) is 3.10. The molecule has 2 aromatic rings. The molecule has 1 atom stereocenters. The zero-order chi connectivity index (χ0) is 11.1. The fourth-order valence-corrected chi connectivity index (χ4v) is 2.24. The van der Waals surface area contributed by atoms with Crippen molar-refractivity contribution in [1.29, 1.82) is 0 Å². The second-order valence-electron chi connectivity index (χ2n) is 4.12. The zero-order valence-corrected chi connectivity index (χ0v) is 8.69. The van der Waals surface area contributed by atoms with Crippen LogP contribution >= 0.6 is 0 Å². The van der Waals surface area contributed by atoms with Crippen molar-refractivity contribution in [2.45, 2.75) is 18.9 Å². The number of fused-ring (bicyclic) bond motifs is 1. The van der Waals surface area contributed by atoms with Crippen LogP contribution in [0.15, 0.2) is 33.7 Å². The Morgan fingerprint density at radius 1 is 1.44 bits per heavy atom. The summed E-state index contributed by atoms with van der Waals surface area (Å²) in [6.07, 6.45) is 3.45. The highest BCUT2D eigenvalue weighted by Gasteiger charge is 2.19. The number of rotatable bonds is 1. The molecule has 1 aliphatic carbocycles. The first kappa shape index (κ1) is 9.42. The molecule has 82 valence electrons. The van der Waals surface area contributed by atoms with Crippen molar-refractivity contribution in [2.24, 2.45) is 5.73 Å². The molecule has 0 saturated carbocycles. The van der Waals surface area contributed by atoms with E-state index >= 15 is 0 Å². The van der Waals surface area contributed by atoms with Gasteiger partial charge in [-0.25, -0.2) is 4.79 Å². The third kappa shape index (κ3) is 1.39. The maximum atomic E-state index is 10.9. The van der Waals surface area contributed by atoms with E-state index in [9.17, 15) is 4.79 Å². The molecule has 0 radical (unpaired) electrons. The van der Waals surface area contributed by atoms with Crippen LogP contribution in [0.25, 0.3) is 11.3 Å². The Kier molecular flexibility index (Phi) is 1.97. The molecular weight excluding hydrogens is 204 g/mol. The van der Waals surface area contributed by atoms with Gasteiger partial charge in [0.2, 0.25) is 0 Å². The Hall–Kier alpha value is -1.81. The largest absolute Gasteiger partial charge is 0.416 e. The Bertz CT molecular complexity index is 583. The monoisotopic (exact) mass is 216 g/mol. The maximum Gasteiger partial charge on any atom is 0.416 e. The van der Waals surface area contributed by atoms with E-state index in [2.05, 4.69) is 11.1 Å². The molecular formula is C12H12N2O2. The summed E-state index contributed by atoms with van der Waals surface area (Å²) in [5.41, 5.74) is 10.1. The summed E-state index contributed by atoms with van der Waals surface area (Å²) in [6, 6.07) is 6.23. The number of hydrogen-bond donors (Lipinski definition) is 2. The van der Waals surface area contributed by atoms with Gasteiger partial charge in [-0.15, -0.1) is 0 Å². The number of aromatic nitrogens is 1. The maximum absolute atomic E-state index is 10.9. The summed E-state index contributed by atoms with van der Waals surface area (Å²) in [4.78, 5) is 13.5. The lowest BCUT2D eigenvalue weighted by Crippen LogP contribution is -2.04. The zero-order valence-electron chi connectivity index (χ0n) is 8.69. The lowest BCUT2D eigenvalue weighted by Gasteiger charge is -2.05. The summed E-state index contributed by atoms with van der Waals surface area (Å²) in [7, 11) is 0. The smallest absolute Gasteiger partial charge is 0.416 e. The quantitative estimate of drug-likeness (QED) is 0.760. The molecule has 4 heteroatoms. The van der Waals surface area contributed by atoms with Crippen LogP contribution in [-0.2, 0) is 6.42 Å². The number of H-pyrrole nitrogens is 1. The van der Waals surface area contributed by atoms with Gasteiger partial charge in [-0.2, -0.15) is 0 Å². The predicted octanol–water partition coefficient (Wildman–Crippen LogP) is 1.58. The summed E-state index contributed by atoms with van der Waals surface area (Å²) in [5, 5.41) is 0. The first-order valence-electron chi connectivity index (χ1n) is 5.30. The van der Waals surface area contributed by atoms with Crippen molar-refractivity contribution < 1.29 is 4.42 Å². The van der Waals surface area contributed by atoms with Crippen molar-refractivity contribution in [3.63, 3.8) is 0 Å². The van der Waals surface area contributed by atoms with E-state index in [1.165, 1.54) is 17.4 Å². The number of oxazole rings is 1. The van der Waals surface area contributed by atoms with E-state index in [4.69, 9.17) is 10.2 Å². The van der Waals surface area contributed by atoms with Gasteiger partial charge < -0.3 is 10.2 Å². The molecule has 0 aliphatic heterocycles. The fraction of sp³-hybridized carbons (Fsp3) is 0.250. The van der Waals surface area contributed by atoms with E-state index in [0.29, 0.717) is 5.69 Å². The van der Waals surface area contributed by atoms with Crippen molar-refractivity contribution in [3.8, 4) is 11.3 Å². The molecule has 0 unspecified atom stereocenters. The normalized spacial score (nSPS) is 18.7. The van der Waals surface area contributed by atoms with Gasteiger partial charge in [0.1, 0.15) is 6.26 Å². The second kappa shape index (κ2) is 3.35. The van der Waals surface area contributed by atoms with Crippen molar-refractivity contribution >= 4 is 0 Å². The number of nitrogens with one attached hydrogen (secondary N) is 1. The van der Waals surface area contributed by atoms with Gasteiger partial charge in [-0.05, 0) is 30.0 Å². The molecule has 0 bridgehead atoms. The average molecular weight is 216 g/mol. The Balaban J connectivity index is 2.08. The number of benzene rings is 1. The minimum Gasteiger partial charge on any atom is -0.416 e. The molecule has 3 N–H and O–H groups in total. The first-order chi connectivity index (χ1) is 7.74. The fourth-order valence-electron chi connectivity index (χ4n) is 2.24. The highest BCUT2D eigenvalue weighted by Crippen LogP contribution is 2.31. The van der Waals surface area contributed by atoms with Crippen LogP contribution in [0.1, 0.15) is 23.6 Å². The van der Waals surface area contributed by atoms with Crippen molar-refractivity contribution in [3.05, 3.63) is 46.1 Å². The van der Waals surface area contributed by atoms with Gasteiger partial charge in [0.15, 0.2) is 0 Å². The van der Waals surface area contributed by atoms with Gasteiger partial charge in [-0.1, -0.05) is 12.1 Å². The topological polar surface area (TPSA) is 72.0 Å². The molecule has 3 rings (SSSR count). The summed E-state index contributed by atoms with van der Waals surface area (Å²) < 4.78 is 4.72. The van der Waals surface area contributed by atoms with Gasteiger partial charge in [-0.3, -0.25) is 4.98 Å². The third-order valence-electron chi connectivity index (χ3n) is 3.10. The van der Waals surface area contributed by atoms with Crippen LogP contribution in [0, 0.1) is 0 Å². The number of aryl methyl sites for hydroxylation is 1. The lowest BCUT2D eigenvalue weighted by molar-refractivity contribution is 0.515. The second-order valence-corrected chi connectivity index (χ2v) is 4.12.